The minimum absolute atomic E-state index is 0.100. The predicted molar refractivity (Wildman–Crippen MR) is 123 cm³/mol. The Bertz CT molecular complexity index is 1060. The summed E-state index contributed by atoms with van der Waals surface area (Å²) >= 11 is 0. The van der Waals surface area contributed by atoms with Gasteiger partial charge in [-0.2, -0.15) is 13.2 Å². The summed E-state index contributed by atoms with van der Waals surface area (Å²) in [6.07, 6.45) is -0.209. The molecule has 4 heterocycles. The Balaban J connectivity index is 1.20. The zero-order valence-corrected chi connectivity index (χ0v) is 18.9. The van der Waals surface area contributed by atoms with Gasteiger partial charge < -0.3 is 25.2 Å². The second kappa shape index (κ2) is 9.37. The average molecular weight is 489 g/mol. The molecule has 1 aromatic heterocycles. The molecule has 1 aromatic carbocycles. The van der Waals surface area contributed by atoms with Gasteiger partial charge in [0, 0.05) is 17.9 Å². The van der Waals surface area contributed by atoms with Crippen LogP contribution in [0.4, 0.5) is 35.0 Å². The van der Waals surface area contributed by atoms with Crippen LogP contribution in [0.5, 0.6) is 0 Å². The lowest BCUT2D eigenvalue weighted by Crippen LogP contribution is -2.53. The van der Waals surface area contributed by atoms with Gasteiger partial charge in [-0.25, -0.2) is 9.78 Å². The van der Waals surface area contributed by atoms with E-state index < -0.39 is 23.9 Å². The fourth-order valence-electron chi connectivity index (χ4n) is 5.08. The smallest absolute Gasteiger partial charge is 0.377 e. The summed E-state index contributed by atoms with van der Waals surface area (Å²) in [5.74, 6) is -0.226. The quantitative estimate of drug-likeness (QED) is 0.683. The van der Waals surface area contributed by atoms with Crippen molar-refractivity contribution in [3.8, 4) is 0 Å². The van der Waals surface area contributed by atoms with Crippen LogP contribution in [0.1, 0.15) is 31.4 Å². The maximum absolute atomic E-state index is 13.1. The first-order chi connectivity index (χ1) is 16.8. The van der Waals surface area contributed by atoms with Gasteiger partial charge in [-0.1, -0.05) is 0 Å². The molecule has 3 aliphatic rings. The molecule has 1 unspecified atom stereocenters. The zero-order valence-electron chi connectivity index (χ0n) is 18.9. The van der Waals surface area contributed by atoms with E-state index in [4.69, 9.17) is 4.74 Å². The van der Waals surface area contributed by atoms with Gasteiger partial charge >= 0.3 is 12.2 Å². The van der Waals surface area contributed by atoms with Crippen LogP contribution in [0.2, 0.25) is 0 Å². The molecule has 3 atom stereocenters. The van der Waals surface area contributed by atoms with E-state index in [2.05, 4.69) is 20.5 Å². The van der Waals surface area contributed by atoms with Crippen LogP contribution in [0, 0.1) is 0 Å². The number of carbonyl (C=O) groups is 2. The molecule has 2 bridgehead atoms. The Morgan fingerprint density at radius 1 is 1.00 bits per heavy atom. The van der Waals surface area contributed by atoms with E-state index in [1.165, 1.54) is 0 Å². The maximum atomic E-state index is 13.1. The van der Waals surface area contributed by atoms with Crippen molar-refractivity contribution in [3.63, 3.8) is 0 Å². The first-order valence-corrected chi connectivity index (χ1v) is 11.7. The number of rotatable bonds is 4. The number of pyridine rings is 1. The third-order valence-electron chi connectivity index (χ3n) is 6.76. The van der Waals surface area contributed by atoms with Crippen molar-refractivity contribution in [2.75, 3.05) is 34.9 Å². The van der Waals surface area contributed by atoms with Crippen LogP contribution < -0.4 is 20.4 Å². The number of urea groups is 1. The molecule has 0 radical (unpaired) electrons. The number of fused-ring (bicyclic) bond motifs is 2. The summed E-state index contributed by atoms with van der Waals surface area (Å²) in [5.41, 5.74) is 0.934. The Morgan fingerprint density at radius 2 is 1.69 bits per heavy atom. The van der Waals surface area contributed by atoms with E-state index in [9.17, 15) is 22.8 Å². The summed E-state index contributed by atoms with van der Waals surface area (Å²) in [6, 6.07) is 9.19. The van der Waals surface area contributed by atoms with E-state index in [0.717, 1.165) is 55.8 Å². The molecule has 3 saturated heterocycles. The number of nitrogens with one attached hydrogen (secondary N) is 2. The lowest BCUT2D eigenvalue weighted by atomic mass is 10.0. The molecule has 2 N–H and O–H groups in total. The van der Waals surface area contributed by atoms with Crippen molar-refractivity contribution in [1.29, 1.82) is 0 Å². The third-order valence-corrected chi connectivity index (χ3v) is 6.76. The molecule has 0 spiro atoms. The summed E-state index contributed by atoms with van der Waals surface area (Å²) in [7, 11) is 0. The Morgan fingerprint density at radius 3 is 2.31 bits per heavy atom. The molecule has 3 amide bonds. The fourth-order valence-corrected chi connectivity index (χ4v) is 5.08. The minimum atomic E-state index is -4.56. The second-order valence-electron chi connectivity index (χ2n) is 9.06. The summed E-state index contributed by atoms with van der Waals surface area (Å²) in [4.78, 5) is 32.9. The molecule has 2 aromatic rings. The van der Waals surface area contributed by atoms with Crippen molar-refractivity contribution < 1.29 is 27.5 Å². The number of hydrogen-bond donors (Lipinski definition) is 2. The number of morpholine rings is 1. The van der Waals surface area contributed by atoms with Crippen LogP contribution in [-0.4, -0.2) is 54.8 Å². The molecule has 5 rings (SSSR count). The summed E-state index contributed by atoms with van der Waals surface area (Å²) in [5, 5.41) is 5.07. The van der Waals surface area contributed by atoms with E-state index in [1.54, 1.807) is 4.90 Å². The maximum Gasteiger partial charge on any atom is 0.433 e. The van der Waals surface area contributed by atoms with E-state index >= 15 is 0 Å². The standard InChI is InChI=1S/C24H26F3N5O3/c25-24(26,27)21-10-3-15(12-28-21)29-23(34)30-20-2-1-11-31(22(20)33)16-4-6-17(7-5-16)32-18-8-9-19(32)14-35-13-18/h3-7,10,12,18-20H,1-2,8-9,11,13-14H2,(H2,29,30,34)/t18-,19+,20?. The normalized spacial score (nSPS) is 24.4. The number of halogens is 3. The molecule has 3 aliphatic heterocycles. The number of aromatic nitrogens is 1. The van der Waals surface area contributed by atoms with Crippen molar-refractivity contribution >= 4 is 29.0 Å². The number of ether oxygens (including phenoxy) is 1. The molecule has 8 nitrogen and oxygen atoms in total. The van der Waals surface area contributed by atoms with Gasteiger partial charge in [-0.3, -0.25) is 4.79 Å². The number of alkyl halides is 3. The van der Waals surface area contributed by atoms with Gasteiger partial charge in [0.1, 0.15) is 11.7 Å². The van der Waals surface area contributed by atoms with Crippen LogP contribution in [0.3, 0.4) is 0 Å². The number of nitrogens with zero attached hydrogens (tertiary/aromatic N) is 3. The number of carbonyl (C=O) groups excluding carboxylic acids is 2. The monoisotopic (exact) mass is 489 g/mol. The Labute approximate surface area is 200 Å². The molecular weight excluding hydrogens is 463 g/mol. The highest BCUT2D eigenvalue weighted by atomic mass is 19.4. The fraction of sp³-hybridized carbons (Fsp3) is 0.458. The largest absolute Gasteiger partial charge is 0.433 e. The van der Waals surface area contributed by atoms with Crippen molar-refractivity contribution in [2.24, 2.45) is 0 Å². The van der Waals surface area contributed by atoms with Gasteiger partial charge in [0.2, 0.25) is 5.91 Å². The second-order valence-corrected chi connectivity index (χ2v) is 9.06. The summed E-state index contributed by atoms with van der Waals surface area (Å²) < 4.78 is 43.6. The number of piperidine rings is 1. The van der Waals surface area contributed by atoms with Gasteiger partial charge in [0.05, 0.1) is 37.2 Å². The molecule has 11 heteroatoms. The highest BCUT2D eigenvalue weighted by Gasteiger charge is 2.38. The average Bonchev–Trinajstić information content (AvgIpc) is 3.08. The Kier molecular flexibility index (Phi) is 6.26. The van der Waals surface area contributed by atoms with Crippen LogP contribution in [-0.2, 0) is 15.7 Å². The van der Waals surface area contributed by atoms with E-state index in [1.807, 2.05) is 24.3 Å². The lowest BCUT2D eigenvalue weighted by Gasteiger charge is -2.37. The van der Waals surface area contributed by atoms with Crippen LogP contribution >= 0.6 is 0 Å². The first-order valence-electron chi connectivity index (χ1n) is 11.7. The molecule has 186 valence electrons. The number of benzene rings is 1. The number of anilines is 3. The molecule has 0 aliphatic carbocycles. The van der Waals surface area contributed by atoms with Gasteiger partial charge in [0.15, 0.2) is 0 Å². The minimum Gasteiger partial charge on any atom is -0.377 e. The van der Waals surface area contributed by atoms with Crippen LogP contribution in [0.25, 0.3) is 0 Å². The SMILES string of the molecule is O=C(Nc1ccc(C(F)(F)F)nc1)NC1CCCN(c2ccc(N3[C@@H]4CC[C@H]3COC4)cc2)C1=O. The molecule has 0 saturated carbocycles. The van der Waals surface area contributed by atoms with Crippen LogP contribution in [0.15, 0.2) is 42.6 Å². The zero-order chi connectivity index (χ0) is 24.6. The highest BCUT2D eigenvalue weighted by molar-refractivity contribution is 6.01. The molecule has 3 fully saturated rings. The third kappa shape index (κ3) is 4.90. The van der Waals surface area contributed by atoms with E-state index in [0.29, 0.717) is 31.5 Å². The van der Waals surface area contributed by atoms with Crippen molar-refractivity contribution in [2.45, 2.75) is 50.0 Å². The topological polar surface area (TPSA) is 86.8 Å². The lowest BCUT2D eigenvalue weighted by molar-refractivity contribution is -0.141. The number of hydrogen-bond acceptors (Lipinski definition) is 5. The molecule has 35 heavy (non-hydrogen) atoms. The van der Waals surface area contributed by atoms with Gasteiger partial charge in [-0.05, 0) is 62.1 Å². The van der Waals surface area contributed by atoms with Gasteiger partial charge in [0.25, 0.3) is 0 Å². The first kappa shape index (κ1) is 23.4. The molecular formula is C24H26F3N5O3. The van der Waals surface area contributed by atoms with Crippen molar-refractivity contribution in [1.82, 2.24) is 10.3 Å². The predicted octanol–water partition coefficient (Wildman–Crippen LogP) is 3.79. The van der Waals surface area contributed by atoms with E-state index in [-0.39, 0.29) is 11.6 Å². The Hall–Kier alpha value is -3.34. The highest BCUT2D eigenvalue weighted by Crippen LogP contribution is 2.35. The number of amides is 3. The van der Waals surface area contributed by atoms with Gasteiger partial charge in [-0.15, -0.1) is 0 Å². The summed E-state index contributed by atoms with van der Waals surface area (Å²) in [6.45, 7) is 2.02. The van der Waals surface area contributed by atoms with Crippen molar-refractivity contribution in [3.05, 3.63) is 48.3 Å².